The fourth-order valence-electron chi connectivity index (χ4n) is 0.844. The van der Waals surface area contributed by atoms with E-state index in [2.05, 4.69) is 36.8 Å². The Morgan fingerprint density at radius 1 is 1.54 bits per heavy atom. The van der Waals surface area contributed by atoms with Gasteiger partial charge in [-0.1, -0.05) is 15.9 Å². The van der Waals surface area contributed by atoms with Crippen molar-refractivity contribution in [1.29, 1.82) is 0 Å². The summed E-state index contributed by atoms with van der Waals surface area (Å²) in [5.74, 6) is 0. The number of rotatable bonds is 2. The number of nitrogens with zero attached hydrogens (tertiary/aromatic N) is 1. The van der Waals surface area contributed by atoms with E-state index in [0.29, 0.717) is 19.1 Å². The van der Waals surface area contributed by atoms with Gasteiger partial charge >= 0.3 is 0 Å². The van der Waals surface area contributed by atoms with Gasteiger partial charge in [0, 0.05) is 19.6 Å². The molecular formula is C7H4Br2F2IN. The molecule has 1 heterocycles. The third-order valence-corrected chi connectivity index (χ3v) is 4.47. The Labute approximate surface area is 105 Å². The van der Waals surface area contributed by atoms with Gasteiger partial charge in [-0.05, 0) is 38.5 Å². The lowest BCUT2D eigenvalue weighted by atomic mass is 10.2. The van der Waals surface area contributed by atoms with Crippen molar-refractivity contribution in [3.05, 3.63) is 25.5 Å². The minimum Gasteiger partial charge on any atom is -0.259 e. The van der Waals surface area contributed by atoms with Gasteiger partial charge in [0.25, 0.3) is 6.43 Å². The van der Waals surface area contributed by atoms with E-state index in [9.17, 15) is 8.78 Å². The summed E-state index contributed by atoms with van der Waals surface area (Å²) in [4.78, 5) is 3.90. The average Bonchev–Trinajstić information content (AvgIpc) is 2.08. The summed E-state index contributed by atoms with van der Waals surface area (Å²) in [5.41, 5.74) is 0.398. The maximum absolute atomic E-state index is 12.6. The largest absolute Gasteiger partial charge is 0.266 e. The van der Waals surface area contributed by atoms with E-state index < -0.39 is 6.43 Å². The molecule has 0 saturated carbocycles. The van der Waals surface area contributed by atoms with Crippen LogP contribution in [-0.2, 0) is 5.33 Å². The van der Waals surface area contributed by atoms with E-state index in [1.165, 1.54) is 6.20 Å². The molecule has 0 N–H and O–H groups in total. The summed E-state index contributed by atoms with van der Waals surface area (Å²) >= 11 is 8.16. The van der Waals surface area contributed by atoms with Gasteiger partial charge in [-0.3, -0.25) is 4.98 Å². The lowest BCUT2D eigenvalue weighted by molar-refractivity contribution is 0.149. The van der Waals surface area contributed by atoms with Crippen LogP contribution in [0, 0.1) is 3.57 Å². The molecule has 0 fully saturated rings. The molecule has 0 unspecified atom stereocenters. The Morgan fingerprint density at radius 3 is 2.62 bits per heavy atom. The number of hydrogen-bond donors (Lipinski definition) is 0. The highest BCUT2D eigenvalue weighted by Crippen LogP contribution is 2.32. The smallest absolute Gasteiger partial charge is 0.259 e. The standard InChI is InChI=1S/C7H4Br2F2IN/c8-1-4-5(7(10)11)6(12)3(9)2-13-4/h2,7H,1H2. The first-order valence-electron chi connectivity index (χ1n) is 3.24. The monoisotopic (exact) mass is 425 g/mol. The highest BCUT2D eigenvalue weighted by Gasteiger charge is 2.19. The number of alkyl halides is 3. The predicted molar refractivity (Wildman–Crippen MR) is 62.2 cm³/mol. The van der Waals surface area contributed by atoms with Crippen molar-refractivity contribution >= 4 is 54.5 Å². The molecule has 1 aromatic rings. The van der Waals surface area contributed by atoms with Crippen molar-refractivity contribution in [2.24, 2.45) is 0 Å². The highest BCUT2D eigenvalue weighted by molar-refractivity contribution is 14.1. The van der Waals surface area contributed by atoms with E-state index in [0.717, 1.165) is 0 Å². The summed E-state index contributed by atoms with van der Waals surface area (Å²) < 4.78 is 26.3. The zero-order chi connectivity index (χ0) is 10.0. The summed E-state index contributed by atoms with van der Waals surface area (Å²) in [5, 5.41) is 0.343. The summed E-state index contributed by atoms with van der Waals surface area (Å²) in [6, 6.07) is 0. The SMILES string of the molecule is FC(F)c1c(CBr)ncc(Br)c1I. The quantitative estimate of drug-likeness (QED) is 0.508. The Bertz CT molecular complexity index is 320. The third-order valence-electron chi connectivity index (χ3n) is 1.44. The molecule has 0 aliphatic heterocycles. The van der Waals surface area contributed by atoms with Gasteiger partial charge in [0.15, 0.2) is 0 Å². The summed E-state index contributed by atoms with van der Waals surface area (Å²) in [7, 11) is 0. The van der Waals surface area contributed by atoms with Crippen molar-refractivity contribution in [1.82, 2.24) is 4.98 Å². The molecule has 0 bridgehead atoms. The molecule has 0 spiro atoms. The van der Waals surface area contributed by atoms with Crippen LogP contribution in [0.4, 0.5) is 8.78 Å². The maximum atomic E-state index is 12.6. The molecule has 1 rings (SSSR count). The Balaban J connectivity index is 3.32. The second-order valence-electron chi connectivity index (χ2n) is 2.21. The molecule has 72 valence electrons. The number of hydrogen-bond acceptors (Lipinski definition) is 1. The molecule has 0 atom stereocenters. The molecule has 13 heavy (non-hydrogen) atoms. The van der Waals surface area contributed by atoms with Gasteiger partial charge in [0.2, 0.25) is 0 Å². The van der Waals surface area contributed by atoms with E-state index in [-0.39, 0.29) is 5.56 Å². The first-order valence-corrected chi connectivity index (χ1v) is 6.24. The highest BCUT2D eigenvalue weighted by atomic mass is 127. The molecule has 0 saturated heterocycles. The van der Waals surface area contributed by atoms with Crippen LogP contribution in [0.2, 0.25) is 0 Å². The van der Waals surface area contributed by atoms with Crippen LogP contribution in [-0.4, -0.2) is 4.98 Å². The van der Waals surface area contributed by atoms with Gasteiger partial charge in [-0.25, -0.2) is 8.78 Å². The van der Waals surface area contributed by atoms with E-state index in [1.54, 1.807) is 0 Å². The summed E-state index contributed by atoms with van der Waals surface area (Å²) in [6.45, 7) is 0. The first-order chi connectivity index (χ1) is 6.07. The molecule has 0 amide bonds. The fraction of sp³-hybridized carbons (Fsp3) is 0.286. The van der Waals surface area contributed by atoms with Crippen molar-refractivity contribution in [2.45, 2.75) is 11.8 Å². The zero-order valence-electron chi connectivity index (χ0n) is 6.20. The Hall–Kier alpha value is 0.700. The van der Waals surface area contributed by atoms with Crippen molar-refractivity contribution < 1.29 is 8.78 Å². The first kappa shape index (κ1) is 11.8. The maximum Gasteiger partial charge on any atom is 0.266 e. The Morgan fingerprint density at radius 2 is 2.15 bits per heavy atom. The van der Waals surface area contributed by atoms with Crippen molar-refractivity contribution in [2.75, 3.05) is 0 Å². The van der Waals surface area contributed by atoms with Gasteiger partial charge in [-0.15, -0.1) is 0 Å². The van der Waals surface area contributed by atoms with Crippen LogP contribution in [0.1, 0.15) is 17.7 Å². The van der Waals surface area contributed by atoms with Crippen LogP contribution in [0.25, 0.3) is 0 Å². The number of pyridine rings is 1. The second kappa shape index (κ2) is 4.97. The lowest BCUT2D eigenvalue weighted by Gasteiger charge is -2.08. The lowest BCUT2D eigenvalue weighted by Crippen LogP contribution is -2.00. The molecule has 1 nitrogen and oxygen atoms in total. The van der Waals surface area contributed by atoms with Gasteiger partial charge in [0.05, 0.1) is 11.3 Å². The van der Waals surface area contributed by atoms with Gasteiger partial charge in [0.1, 0.15) is 0 Å². The normalized spacial score (nSPS) is 10.9. The van der Waals surface area contributed by atoms with Crippen LogP contribution in [0.15, 0.2) is 10.7 Å². The van der Waals surface area contributed by atoms with Crippen LogP contribution >= 0.6 is 54.5 Å². The minimum absolute atomic E-state index is 0.00634. The number of halogens is 5. The molecule has 0 radical (unpaired) electrons. The van der Waals surface area contributed by atoms with Crippen LogP contribution in [0.3, 0.4) is 0 Å². The van der Waals surface area contributed by atoms with Gasteiger partial charge in [-0.2, -0.15) is 0 Å². The van der Waals surface area contributed by atoms with E-state index >= 15 is 0 Å². The molecule has 0 aliphatic carbocycles. The topological polar surface area (TPSA) is 12.9 Å². The molecule has 0 aromatic carbocycles. The summed E-state index contributed by atoms with van der Waals surface area (Å²) in [6.07, 6.45) is -0.950. The Kier molecular flexibility index (Phi) is 4.50. The van der Waals surface area contributed by atoms with Crippen molar-refractivity contribution in [3.8, 4) is 0 Å². The number of aromatic nitrogens is 1. The molecule has 0 aliphatic rings. The fourth-order valence-corrected chi connectivity index (χ4v) is 2.29. The zero-order valence-corrected chi connectivity index (χ0v) is 11.5. The average molecular weight is 427 g/mol. The molecule has 6 heteroatoms. The van der Waals surface area contributed by atoms with Crippen LogP contribution < -0.4 is 0 Å². The molecular weight excluding hydrogens is 423 g/mol. The predicted octanol–water partition coefficient (Wildman–Crippen LogP) is 4.28. The van der Waals surface area contributed by atoms with Gasteiger partial charge < -0.3 is 0 Å². The molecule has 1 aromatic heterocycles. The third kappa shape index (κ3) is 2.59. The van der Waals surface area contributed by atoms with E-state index in [4.69, 9.17) is 0 Å². The van der Waals surface area contributed by atoms with E-state index in [1.807, 2.05) is 22.6 Å². The van der Waals surface area contributed by atoms with Crippen LogP contribution in [0.5, 0.6) is 0 Å². The minimum atomic E-state index is -2.48. The second-order valence-corrected chi connectivity index (χ2v) is 4.71. The van der Waals surface area contributed by atoms with Crippen molar-refractivity contribution in [3.63, 3.8) is 0 Å².